The number of nitrogens with zero attached hydrogens (tertiary/aromatic N) is 3. The van der Waals surface area contributed by atoms with E-state index in [4.69, 9.17) is 0 Å². The zero-order valence-electron chi connectivity index (χ0n) is 14.7. The summed E-state index contributed by atoms with van der Waals surface area (Å²) in [7, 11) is 0. The quantitative estimate of drug-likeness (QED) is 0.781. The van der Waals surface area contributed by atoms with Crippen LogP contribution in [-0.4, -0.2) is 29.0 Å². The number of piperidine rings is 1. The molecular weight excluding hydrogens is 324 g/mol. The number of carbonyl (C=O) groups excluding carboxylic acids is 1. The Hall–Kier alpha value is -2.95. The van der Waals surface area contributed by atoms with Crippen molar-refractivity contribution in [2.45, 2.75) is 25.7 Å². The molecule has 1 aromatic heterocycles. The number of benzene rings is 2. The van der Waals surface area contributed by atoms with Crippen LogP contribution in [0, 0.1) is 0 Å². The second-order valence-corrected chi connectivity index (χ2v) is 6.68. The van der Waals surface area contributed by atoms with E-state index in [9.17, 15) is 4.79 Å². The van der Waals surface area contributed by atoms with Crippen molar-refractivity contribution in [1.82, 2.24) is 9.97 Å². The second kappa shape index (κ2) is 7.52. The first-order chi connectivity index (χ1) is 12.8. The highest BCUT2D eigenvalue weighted by atomic mass is 16.1. The van der Waals surface area contributed by atoms with Crippen molar-refractivity contribution < 1.29 is 4.79 Å². The highest BCUT2D eigenvalue weighted by molar-refractivity contribution is 5.96. The molecule has 2 aromatic carbocycles. The zero-order chi connectivity index (χ0) is 17.8. The van der Waals surface area contributed by atoms with Crippen LogP contribution in [0.1, 0.15) is 24.8 Å². The first-order valence-corrected chi connectivity index (χ1v) is 9.13. The predicted molar refractivity (Wildman–Crippen MR) is 104 cm³/mol. The summed E-state index contributed by atoms with van der Waals surface area (Å²) in [5.74, 6) is 0.687. The minimum Gasteiger partial charge on any atom is -0.341 e. The van der Waals surface area contributed by atoms with Crippen LogP contribution in [0.25, 0.3) is 10.8 Å². The molecule has 1 aliphatic rings. The van der Waals surface area contributed by atoms with Crippen LogP contribution in [-0.2, 0) is 11.2 Å². The molecule has 0 bridgehead atoms. The first kappa shape index (κ1) is 16.5. The smallest absolute Gasteiger partial charge is 0.228 e. The molecule has 1 N–H and O–H groups in total. The fourth-order valence-corrected chi connectivity index (χ4v) is 3.47. The largest absolute Gasteiger partial charge is 0.341 e. The maximum atomic E-state index is 12.4. The topological polar surface area (TPSA) is 58.1 Å². The van der Waals surface area contributed by atoms with Crippen molar-refractivity contribution in [3.8, 4) is 0 Å². The van der Waals surface area contributed by atoms with Gasteiger partial charge in [0.15, 0.2) is 0 Å². The van der Waals surface area contributed by atoms with Crippen molar-refractivity contribution in [3.63, 3.8) is 0 Å². The third-order valence-corrected chi connectivity index (χ3v) is 4.79. The lowest BCUT2D eigenvalue weighted by Gasteiger charge is -2.26. The SMILES string of the molecule is O=C(Cc1cccc2ccccc12)Nc1cnc(N2CCCCC2)nc1. The summed E-state index contributed by atoms with van der Waals surface area (Å²) in [5, 5.41) is 5.16. The number of rotatable bonds is 4. The van der Waals surface area contributed by atoms with E-state index >= 15 is 0 Å². The summed E-state index contributed by atoms with van der Waals surface area (Å²) in [6, 6.07) is 14.2. The molecule has 0 spiro atoms. The zero-order valence-corrected chi connectivity index (χ0v) is 14.7. The van der Waals surface area contributed by atoms with Gasteiger partial charge in [0.2, 0.25) is 11.9 Å². The highest BCUT2D eigenvalue weighted by Gasteiger charge is 2.13. The Morgan fingerprint density at radius 2 is 1.69 bits per heavy atom. The summed E-state index contributed by atoms with van der Waals surface area (Å²) < 4.78 is 0. The minimum absolute atomic E-state index is 0.0596. The molecule has 5 heteroatoms. The van der Waals surface area contributed by atoms with Crippen molar-refractivity contribution >= 4 is 28.3 Å². The molecule has 1 saturated heterocycles. The van der Waals surface area contributed by atoms with Gasteiger partial charge in [-0.1, -0.05) is 42.5 Å². The Labute approximate surface area is 153 Å². The monoisotopic (exact) mass is 346 g/mol. The molecule has 1 amide bonds. The van der Waals surface area contributed by atoms with Crippen LogP contribution in [0.15, 0.2) is 54.9 Å². The maximum absolute atomic E-state index is 12.4. The number of nitrogens with one attached hydrogen (secondary N) is 1. The van der Waals surface area contributed by atoms with E-state index < -0.39 is 0 Å². The standard InChI is InChI=1S/C21H22N4O/c26-20(13-17-9-6-8-16-7-2-3-10-19(16)17)24-18-14-22-21(23-15-18)25-11-4-1-5-12-25/h2-3,6-10,14-15H,1,4-5,11-13H2,(H,24,26). The molecule has 0 radical (unpaired) electrons. The molecule has 2 heterocycles. The van der Waals surface area contributed by atoms with E-state index in [0.717, 1.165) is 35.4 Å². The van der Waals surface area contributed by atoms with E-state index in [1.165, 1.54) is 19.3 Å². The molecule has 3 aromatic rings. The summed E-state index contributed by atoms with van der Waals surface area (Å²) in [5.41, 5.74) is 1.66. The van der Waals surface area contributed by atoms with Gasteiger partial charge in [-0.3, -0.25) is 4.79 Å². The Morgan fingerprint density at radius 1 is 0.962 bits per heavy atom. The molecule has 1 fully saturated rings. The lowest BCUT2D eigenvalue weighted by atomic mass is 10.0. The number of amides is 1. The average Bonchev–Trinajstić information content (AvgIpc) is 2.69. The third-order valence-electron chi connectivity index (χ3n) is 4.79. The van der Waals surface area contributed by atoms with Gasteiger partial charge in [-0.05, 0) is 35.6 Å². The van der Waals surface area contributed by atoms with Gasteiger partial charge in [-0.15, -0.1) is 0 Å². The summed E-state index contributed by atoms with van der Waals surface area (Å²) in [6.45, 7) is 2.01. The number of hydrogen-bond acceptors (Lipinski definition) is 4. The van der Waals surface area contributed by atoms with E-state index in [-0.39, 0.29) is 5.91 Å². The Balaban J connectivity index is 1.43. The third kappa shape index (κ3) is 3.67. The predicted octanol–water partition coefficient (Wildman–Crippen LogP) is 3.80. The van der Waals surface area contributed by atoms with Crippen molar-refractivity contribution in [1.29, 1.82) is 0 Å². The summed E-state index contributed by atoms with van der Waals surface area (Å²) in [6.07, 6.45) is 7.36. The highest BCUT2D eigenvalue weighted by Crippen LogP contribution is 2.20. The van der Waals surface area contributed by atoms with E-state index in [2.05, 4.69) is 38.4 Å². The number of hydrogen-bond donors (Lipinski definition) is 1. The normalized spacial score (nSPS) is 14.4. The Kier molecular flexibility index (Phi) is 4.78. The molecule has 1 aliphatic heterocycles. The van der Waals surface area contributed by atoms with Crippen LogP contribution in [0.4, 0.5) is 11.6 Å². The van der Waals surface area contributed by atoms with Gasteiger partial charge in [-0.25, -0.2) is 9.97 Å². The van der Waals surface area contributed by atoms with Crippen molar-refractivity contribution in [2.75, 3.05) is 23.3 Å². The lowest BCUT2D eigenvalue weighted by molar-refractivity contribution is -0.115. The minimum atomic E-state index is -0.0596. The number of carbonyl (C=O) groups is 1. The van der Waals surface area contributed by atoms with Crippen LogP contribution in [0.2, 0.25) is 0 Å². The van der Waals surface area contributed by atoms with E-state index in [0.29, 0.717) is 12.1 Å². The Morgan fingerprint density at radius 3 is 2.50 bits per heavy atom. The van der Waals surface area contributed by atoms with Gasteiger partial charge in [0.05, 0.1) is 24.5 Å². The van der Waals surface area contributed by atoms with Gasteiger partial charge < -0.3 is 10.2 Å². The molecule has 0 saturated carbocycles. The Bertz CT molecular complexity index is 896. The molecule has 0 atom stereocenters. The van der Waals surface area contributed by atoms with Gasteiger partial charge in [0, 0.05) is 13.1 Å². The number of anilines is 2. The number of aromatic nitrogens is 2. The van der Waals surface area contributed by atoms with Gasteiger partial charge in [-0.2, -0.15) is 0 Å². The number of fused-ring (bicyclic) bond motifs is 1. The van der Waals surface area contributed by atoms with Crippen LogP contribution < -0.4 is 10.2 Å². The fourth-order valence-electron chi connectivity index (χ4n) is 3.47. The van der Waals surface area contributed by atoms with Crippen LogP contribution >= 0.6 is 0 Å². The van der Waals surface area contributed by atoms with Crippen molar-refractivity contribution in [2.24, 2.45) is 0 Å². The van der Waals surface area contributed by atoms with Gasteiger partial charge in [0.25, 0.3) is 0 Å². The van der Waals surface area contributed by atoms with Crippen LogP contribution in [0.3, 0.4) is 0 Å². The summed E-state index contributed by atoms with van der Waals surface area (Å²) >= 11 is 0. The van der Waals surface area contributed by atoms with E-state index in [1.807, 2.05) is 24.3 Å². The average molecular weight is 346 g/mol. The van der Waals surface area contributed by atoms with Crippen LogP contribution in [0.5, 0.6) is 0 Å². The molecule has 0 aliphatic carbocycles. The molecule has 26 heavy (non-hydrogen) atoms. The molecule has 132 valence electrons. The van der Waals surface area contributed by atoms with Gasteiger partial charge >= 0.3 is 0 Å². The molecule has 4 rings (SSSR count). The van der Waals surface area contributed by atoms with Crippen molar-refractivity contribution in [3.05, 3.63) is 60.4 Å². The molecule has 5 nitrogen and oxygen atoms in total. The second-order valence-electron chi connectivity index (χ2n) is 6.68. The molecule has 0 unspecified atom stereocenters. The van der Waals surface area contributed by atoms with E-state index in [1.54, 1.807) is 12.4 Å². The first-order valence-electron chi connectivity index (χ1n) is 9.13. The summed E-state index contributed by atoms with van der Waals surface area (Å²) in [4.78, 5) is 23.5. The molecular formula is C21H22N4O. The fraction of sp³-hybridized carbons (Fsp3) is 0.286. The lowest BCUT2D eigenvalue weighted by Crippen LogP contribution is -2.30. The van der Waals surface area contributed by atoms with Gasteiger partial charge in [0.1, 0.15) is 0 Å². The maximum Gasteiger partial charge on any atom is 0.228 e.